The van der Waals surface area contributed by atoms with Crippen molar-refractivity contribution in [2.24, 2.45) is 0 Å². The summed E-state index contributed by atoms with van der Waals surface area (Å²) in [6, 6.07) is 8.97. The lowest BCUT2D eigenvalue weighted by atomic mass is 9.87. The summed E-state index contributed by atoms with van der Waals surface area (Å²) in [5.74, 6) is 0. The van der Waals surface area contributed by atoms with Gasteiger partial charge in [-0.05, 0) is 30.0 Å². The van der Waals surface area contributed by atoms with E-state index in [9.17, 15) is 0 Å². The van der Waals surface area contributed by atoms with E-state index in [-0.39, 0.29) is 5.41 Å². The van der Waals surface area contributed by atoms with Crippen molar-refractivity contribution in [3.63, 3.8) is 0 Å². The smallest absolute Gasteiger partial charge is 0.0568 e. The Morgan fingerprint density at radius 1 is 1.06 bits per heavy atom. The normalized spacial score (nSPS) is 12.4. The molecule has 18 heavy (non-hydrogen) atoms. The number of nitrogens with zero attached hydrogens (tertiary/aromatic N) is 1. The lowest BCUT2D eigenvalue weighted by Crippen LogP contribution is -2.10. The minimum atomic E-state index is 0.206. The van der Waals surface area contributed by atoms with E-state index in [2.05, 4.69) is 56.9 Å². The predicted molar refractivity (Wildman–Crippen MR) is 80.6 cm³/mol. The van der Waals surface area contributed by atoms with Crippen molar-refractivity contribution in [3.05, 3.63) is 41.7 Å². The molecule has 0 unspecified atom stereocenters. The maximum atomic E-state index is 4.38. The van der Waals surface area contributed by atoms with Gasteiger partial charge in [-0.2, -0.15) is 0 Å². The van der Waals surface area contributed by atoms with Crippen LogP contribution in [0.4, 0.5) is 0 Å². The second-order valence-electron chi connectivity index (χ2n) is 5.84. The lowest BCUT2D eigenvalue weighted by Gasteiger charge is -2.18. The fraction of sp³-hybridized carbons (Fsp3) is 0.312. The number of aryl methyl sites for hydroxylation is 1. The number of pyridine rings is 1. The first-order valence-electron chi connectivity index (χ1n) is 6.25. The number of hydrogen-bond acceptors (Lipinski definition) is 2. The summed E-state index contributed by atoms with van der Waals surface area (Å²) in [4.78, 5) is 4.38. The summed E-state index contributed by atoms with van der Waals surface area (Å²) < 4.78 is 2.69. The third-order valence-corrected chi connectivity index (χ3v) is 4.71. The molecule has 0 bridgehead atoms. The zero-order chi connectivity index (χ0) is 12.9. The second kappa shape index (κ2) is 3.79. The number of thiophene rings is 1. The highest BCUT2D eigenvalue weighted by molar-refractivity contribution is 7.26. The molecule has 2 aromatic heterocycles. The van der Waals surface area contributed by atoms with Crippen molar-refractivity contribution in [1.29, 1.82) is 0 Å². The quantitative estimate of drug-likeness (QED) is 0.547. The maximum absolute atomic E-state index is 4.38. The Morgan fingerprint density at radius 3 is 2.56 bits per heavy atom. The molecule has 0 aliphatic heterocycles. The van der Waals surface area contributed by atoms with Crippen molar-refractivity contribution in [3.8, 4) is 0 Å². The molecule has 1 nitrogen and oxygen atoms in total. The van der Waals surface area contributed by atoms with Gasteiger partial charge >= 0.3 is 0 Å². The van der Waals surface area contributed by atoms with Gasteiger partial charge in [0.25, 0.3) is 0 Å². The van der Waals surface area contributed by atoms with Gasteiger partial charge in [0, 0.05) is 21.7 Å². The first kappa shape index (κ1) is 11.7. The highest BCUT2D eigenvalue weighted by Gasteiger charge is 2.15. The van der Waals surface area contributed by atoms with Crippen LogP contribution in [0.25, 0.3) is 20.2 Å². The Morgan fingerprint density at radius 2 is 1.83 bits per heavy atom. The lowest BCUT2D eigenvalue weighted by molar-refractivity contribution is 0.591. The molecule has 0 amide bonds. The molecule has 0 fully saturated rings. The fourth-order valence-corrected chi connectivity index (χ4v) is 3.48. The van der Waals surface area contributed by atoms with E-state index in [4.69, 9.17) is 0 Å². The van der Waals surface area contributed by atoms with Crippen LogP contribution in [0.2, 0.25) is 0 Å². The Hall–Kier alpha value is -1.41. The van der Waals surface area contributed by atoms with Gasteiger partial charge < -0.3 is 0 Å². The second-order valence-corrected chi connectivity index (χ2v) is 6.89. The molecule has 92 valence electrons. The number of hydrogen-bond donors (Lipinski definition) is 0. The Bertz CT molecular complexity index is 732. The van der Waals surface area contributed by atoms with Gasteiger partial charge in [-0.3, -0.25) is 4.98 Å². The van der Waals surface area contributed by atoms with Crippen LogP contribution in [0.15, 0.2) is 30.5 Å². The molecule has 0 aliphatic carbocycles. The van der Waals surface area contributed by atoms with Gasteiger partial charge in [0.05, 0.1) is 10.4 Å². The molecular formula is C16H17NS. The van der Waals surface area contributed by atoms with Crippen LogP contribution in [0.1, 0.15) is 32.0 Å². The van der Waals surface area contributed by atoms with Crippen molar-refractivity contribution in [2.75, 3.05) is 0 Å². The predicted octanol–water partition coefficient (Wildman–Crippen LogP) is 5.06. The monoisotopic (exact) mass is 255 g/mol. The van der Waals surface area contributed by atoms with Crippen LogP contribution in [0, 0.1) is 6.92 Å². The molecule has 2 heterocycles. The standard InChI is InChI=1S/C16H17NS/c1-10-15-13(7-8-17-10)12-6-5-11(16(2,3)4)9-14(12)18-15/h5-9H,1-4H3. The van der Waals surface area contributed by atoms with Crippen LogP contribution >= 0.6 is 11.3 Å². The zero-order valence-corrected chi connectivity index (χ0v) is 12.1. The number of rotatable bonds is 0. The van der Waals surface area contributed by atoms with Crippen LogP contribution in [0.3, 0.4) is 0 Å². The van der Waals surface area contributed by atoms with E-state index in [0.717, 1.165) is 5.69 Å². The van der Waals surface area contributed by atoms with Gasteiger partial charge in [0.2, 0.25) is 0 Å². The third-order valence-electron chi connectivity index (χ3n) is 3.43. The topological polar surface area (TPSA) is 12.9 Å². The van der Waals surface area contributed by atoms with E-state index in [1.165, 1.54) is 25.7 Å². The first-order chi connectivity index (χ1) is 8.47. The molecule has 0 N–H and O–H groups in total. The van der Waals surface area contributed by atoms with Gasteiger partial charge in [-0.15, -0.1) is 11.3 Å². The van der Waals surface area contributed by atoms with Crippen LogP contribution in [-0.2, 0) is 5.41 Å². The Balaban J connectivity index is 2.37. The summed E-state index contributed by atoms with van der Waals surface area (Å²) >= 11 is 1.86. The largest absolute Gasteiger partial charge is 0.260 e. The summed E-state index contributed by atoms with van der Waals surface area (Å²) in [5, 5.41) is 2.69. The third kappa shape index (κ3) is 1.72. The van der Waals surface area contributed by atoms with Crippen LogP contribution in [0.5, 0.6) is 0 Å². The van der Waals surface area contributed by atoms with E-state index in [1.807, 2.05) is 17.5 Å². The average molecular weight is 255 g/mol. The molecule has 0 radical (unpaired) electrons. The van der Waals surface area contributed by atoms with E-state index in [0.29, 0.717) is 0 Å². The van der Waals surface area contributed by atoms with Gasteiger partial charge in [0.1, 0.15) is 0 Å². The molecule has 3 aromatic rings. The summed E-state index contributed by atoms with van der Waals surface area (Å²) in [7, 11) is 0. The molecule has 0 spiro atoms. The first-order valence-corrected chi connectivity index (χ1v) is 7.07. The Kier molecular flexibility index (Phi) is 2.46. The number of benzene rings is 1. The SMILES string of the molecule is Cc1nccc2c1sc1cc(C(C)(C)C)ccc12. The molecule has 1 aromatic carbocycles. The number of aromatic nitrogens is 1. The van der Waals surface area contributed by atoms with Gasteiger partial charge in [-0.1, -0.05) is 32.9 Å². The summed E-state index contributed by atoms with van der Waals surface area (Å²) in [5.41, 5.74) is 2.73. The molecule has 0 atom stereocenters. The van der Waals surface area contributed by atoms with Crippen LogP contribution in [-0.4, -0.2) is 4.98 Å². The molecule has 0 saturated carbocycles. The average Bonchev–Trinajstić information content (AvgIpc) is 2.67. The zero-order valence-electron chi connectivity index (χ0n) is 11.2. The minimum absolute atomic E-state index is 0.206. The van der Waals surface area contributed by atoms with E-state index in [1.54, 1.807) is 0 Å². The molecule has 0 aliphatic rings. The number of fused-ring (bicyclic) bond motifs is 3. The van der Waals surface area contributed by atoms with Crippen molar-refractivity contribution < 1.29 is 0 Å². The highest BCUT2D eigenvalue weighted by Crippen LogP contribution is 2.37. The fourth-order valence-electron chi connectivity index (χ4n) is 2.30. The van der Waals surface area contributed by atoms with Gasteiger partial charge in [0.15, 0.2) is 0 Å². The van der Waals surface area contributed by atoms with Crippen molar-refractivity contribution >= 4 is 31.5 Å². The molecule has 0 saturated heterocycles. The Labute approximate surface area is 111 Å². The van der Waals surface area contributed by atoms with Gasteiger partial charge in [-0.25, -0.2) is 0 Å². The highest BCUT2D eigenvalue weighted by atomic mass is 32.1. The summed E-state index contributed by atoms with van der Waals surface area (Å²) in [6.45, 7) is 8.86. The van der Waals surface area contributed by atoms with E-state index < -0.39 is 0 Å². The van der Waals surface area contributed by atoms with E-state index >= 15 is 0 Å². The molecule has 2 heteroatoms. The van der Waals surface area contributed by atoms with Crippen molar-refractivity contribution in [2.45, 2.75) is 33.1 Å². The van der Waals surface area contributed by atoms with Crippen molar-refractivity contribution in [1.82, 2.24) is 4.98 Å². The summed E-state index contributed by atoms with van der Waals surface area (Å²) in [6.07, 6.45) is 1.90. The minimum Gasteiger partial charge on any atom is -0.260 e. The van der Waals surface area contributed by atoms with Crippen LogP contribution < -0.4 is 0 Å². The molecule has 3 rings (SSSR count). The maximum Gasteiger partial charge on any atom is 0.0568 e. The molecular weight excluding hydrogens is 238 g/mol.